The molecule has 0 aromatic carbocycles. The molecule has 0 spiro atoms. The van der Waals surface area contributed by atoms with Crippen LogP contribution in [0.25, 0.3) is 0 Å². The highest BCUT2D eigenvalue weighted by atomic mass is 16.5. The molecule has 1 atom stereocenters. The van der Waals surface area contributed by atoms with E-state index in [4.69, 9.17) is 4.74 Å². The molecule has 0 aromatic rings. The molecule has 1 N–H and O–H groups in total. The van der Waals surface area contributed by atoms with Gasteiger partial charge in [-0.3, -0.25) is 19.3 Å². The van der Waals surface area contributed by atoms with E-state index in [2.05, 4.69) is 0 Å². The van der Waals surface area contributed by atoms with Gasteiger partial charge in [0.25, 0.3) is 0 Å². The van der Waals surface area contributed by atoms with Gasteiger partial charge in [-0.2, -0.15) is 0 Å². The van der Waals surface area contributed by atoms with E-state index in [9.17, 15) is 24.3 Å². The Bertz CT molecular complexity index is 523. The van der Waals surface area contributed by atoms with Gasteiger partial charge in [0.2, 0.25) is 11.8 Å². The van der Waals surface area contributed by atoms with E-state index in [0.29, 0.717) is 4.90 Å². The van der Waals surface area contributed by atoms with E-state index >= 15 is 0 Å². The summed E-state index contributed by atoms with van der Waals surface area (Å²) >= 11 is 0. The summed E-state index contributed by atoms with van der Waals surface area (Å²) in [6.07, 6.45) is 9.47. The number of hydrogen-bond acceptors (Lipinski definition) is 5. The summed E-state index contributed by atoms with van der Waals surface area (Å²) in [7, 11) is 0. The van der Waals surface area contributed by atoms with Crippen LogP contribution in [0.15, 0.2) is 24.3 Å². The van der Waals surface area contributed by atoms with Crippen LogP contribution in [-0.4, -0.2) is 46.4 Å². The summed E-state index contributed by atoms with van der Waals surface area (Å²) in [5.41, 5.74) is 0. The maximum atomic E-state index is 12.5. The number of nitrogens with zero attached hydrogens (tertiary/aromatic N) is 1. The Kier molecular flexibility index (Phi) is 13.4. The first kappa shape index (κ1) is 24.6. The minimum atomic E-state index is -1.58. The van der Waals surface area contributed by atoms with Crippen LogP contribution in [0, 0.1) is 0 Å². The molecule has 1 unspecified atom stereocenters. The molecular weight excluding hydrogens is 350 g/mol. The molecule has 152 valence electrons. The molecule has 0 saturated carbocycles. The fourth-order valence-electron chi connectivity index (χ4n) is 2.29. The van der Waals surface area contributed by atoms with Crippen LogP contribution in [-0.2, 0) is 23.9 Å². The second kappa shape index (κ2) is 14.7. The van der Waals surface area contributed by atoms with Gasteiger partial charge in [-0.25, -0.2) is 4.79 Å². The minimum absolute atomic E-state index is 0.0899. The molecule has 0 radical (unpaired) electrons. The number of carboxylic acid groups (broad SMARTS) is 1. The molecule has 27 heavy (non-hydrogen) atoms. The SMILES string of the molecule is CCC/C=C/CC(=O)N(C(=O)C/C=C/CCC)C(CC(=O)OCC)C(=O)O. The Morgan fingerprint density at radius 3 is 1.74 bits per heavy atom. The lowest BCUT2D eigenvalue weighted by Crippen LogP contribution is -2.49. The lowest BCUT2D eigenvalue weighted by atomic mass is 10.1. The second-order valence-corrected chi connectivity index (χ2v) is 5.95. The van der Waals surface area contributed by atoms with Crippen molar-refractivity contribution in [3.8, 4) is 0 Å². The first-order valence-corrected chi connectivity index (χ1v) is 9.42. The predicted octanol–water partition coefficient (Wildman–Crippen LogP) is 3.24. The standard InChI is InChI=1S/C20H31NO6/c1-4-7-9-11-13-17(22)21(18(23)14-12-10-8-5-2)16(20(25)26)15-19(24)27-6-3/h9-12,16H,4-8,13-15H2,1-3H3,(H,25,26)/b11-9+,12-10+. The molecule has 0 aliphatic rings. The third kappa shape index (κ3) is 10.3. The van der Waals surface area contributed by atoms with Crippen LogP contribution < -0.4 is 0 Å². The van der Waals surface area contributed by atoms with Crippen LogP contribution >= 0.6 is 0 Å². The van der Waals surface area contributed by atoms with Gasteiger partial charge in [-0.1, -0.05) is 51.0 Å². The van der Waals surface area contributed by atoms with Crippen LogP contribution in [0.3, 0.4) is 0 Å². The fraction of sp³-hybridized carbons (Fsp3) is 0.600. The van der Waals surface area contributed by atoms with Crippen LogP contribution in [0.2, 0.25) is 0 Å². The van der Waals surface area contributed by atoms with Crippen LogP contribution in [0.5, 0.6) is 0 Å². The van der Waals surface area contributed by atoms with Gasteiger partial charge >= 0.3 is 11.9 Å². The van der Waals surface area contributed by atoms with Crippen molar-refractivity contribution in [2.24, 2.45) is 0 Å². The number of amides is 2. The highest BCUT2D eigenvalue weighted by Crippen LogP contribution is 2.13. The first-order valence-electron chi connectivity index (χ1n) is 9.42. The van der Waals surface area contributed by atoms with Crippen molar-refractivity contribution >= 4 is 23.8 Å². The summed E-state index contributed by atoms with van der Waals surface area (Å²) in [4.78, 5) is 49.2. The predicted molar refractivity (Wildman–Crippen MR) is 102 cm³/mol. The number of hydrogen-bond donors (Lipinski definition) is 1. The highest BCUT2D eigenvalue weighted by Gasteiger charge is 2.35. The average molecular weight is 381 g/mol. The van der Waals surface area contributed by atoms with Crippen molar-refractivity contribution in [1.29, 1.82) is 0 Å². The zero-order valence-corrected chi connectivity index (χ0v) is 16.5. The molecule has 0 bridgehead atoms. The monoisotopic (exact) mass is 381 g/mol. The van der Waals surface area contributed by atoms with Gasteiger partial charge in [0.15, 0.2) is 0 Å². The molecule has 0 rings (SSSR count). The number of carboxylic acids is 1. The largest absolute Gasteiger partial charge is 0.480 e. The average Bonchev–Trinajstić information content (AvgIpc) is 2.62. The Labute approximate surface area is 161 Å². The fourth-order valence-corrected chi connectivity index (χ4v) is 2.29. The summed E-state index contributed by atoms with van der Waals surface area (Å²) < 4.78 is 4.78. The van der Waals surface area contributed by atoms with Gasteiger partial charge < -0.3 is 9.84 Å². The molecule has 0 aromatic heterocycles. The van der Waals surface area contributed by atoms with Gasteiger partial charge in [0, 0.05) is 12.8 Å². The van der Waals surface area contributed by atoms with Crippen molar-refractivity contribution in [3.63, 3.8) is 0 Å². The quantitative estimate of drug-likeness (QED) is 0.388. The Hall–Kier alpha value is -2.44. The number of carbonyl (C=O) groups excluding carboxylic acids is 3. The number of esters is 1. The van der Waals surface area contributed by atoms with E-state index in [1.807, 2.05) is 26.0 Å². The van der Waals surface area contributed by atoms with Crippen molar-refractivity contribution in [2.75, 3.05) is 6.61 Å². The molecule has 0 fully saturated rings. The van der Waals surface area contributed by atoms with Crippen molar-refractivity contribution in [1.82, 2.24) is 4.90 Å². The minimum Gasteiger partial charge on any atom is -0.480 e. The number of unbranched alkanes of at least 4 members (excludes halogenated alkanes) is 2. The molecule has 0 saturated heterocycles. The Morgan fingerprint density at radius 2 is 1.37 bits per heavy atom. The van der Waals surface area contributed by atoms with Crippen LogP contribution in [0.4, 0.5) is 0 Å². The van der Waals surface area contributed by atoms with Gasteiger partial charge in [-0.05, 0) is 19.8 Å². The molecule has 0 aliphatic carbocycles. The van der Waals surface area contributed by atoms with Crippen LogP contribution in [0.1, 0.15) is 65.7 Å². The van der Waals surface area contributed by atoms with E-state index in [1.165, 1.54) is 0 Å². The number of allylic oxidation sites excluding steroid dienone is 2. The van der Waals surface area contributed by atoms with Crippen molar-refractivity contribution in [3.05, 3.63) is 24.3 Å². The zero-order valence-electron chi connectivity index (χ0n) is 16.5. The number of imide groups is 1. The number of rotatable bonds is 13. The van der Waals surface area contributed by atoms with E-state index in [1.54, 1.807) is 19.1 Å². The zero-order chi connectivity index (χ0) is 20.7. The number of ether oxygens (including phenoxy) is 1. The van der Waals surface area contributed by atoms with E-state index in [-0.39, 0.29) is 19.4 Å². The lowest BCUT2D eigenvalue weighted by Gasteiger charge is -2.26. The third-order valence-electron chi connectivity index (χ3n) is 3.63. The van der Waals surface area contributed by atoms with Gasteiger partial charge in [0.1, 0.15) is 6.04 Å². The van der Waals surface area contributed by atoms with Gasteiger partial charge in [0.05, 0.1) is 13.0 Å². The number of aliphatic carboxylic acids is 1. The summed E-state index contributed by atoms with van der Waals surface area (Å²) in [5, 5.41) is 9.49. The molecule has 7 nitrogen and oxygen atoms in total. The maximum absolute atomic E-state index is 12.5. The maximum Gasteiger partial charge on any atom is 0.327 e. The Morgan fingerprint density at radius 1 is 0.889 bits per heavy atom. The molecule has 7 heteroatoms. The second-order valence-electron chi connectivity index (χ2n) is 5.95. The normalized spacial score (nSPS) is 12.3. The molecule has 2 amide bonds. The molecule has 0 heterocycles. The van der Waals surface area contributed by atoms with Gasteiger partial charge in [-0.15, -0.1) is 0 Å². The Balaban J connectivity index is 5.42. The summed E-state index contributed by atoms with van der Waals surface area (Å²) in [6.45, 7) is 5.67. The summed E-state index contributed by atoms with van der Waals surface area (Å²) in [6, 6.07) is -1.58. The van der Waals surface area contributed by atoms with Crippen molar-refractivity contribution < 1.29 is 29.0 Å². The van der Waals surface area contributed by atoms with E-state index in [0.717, 1.165) is 25.7 Å². The molecule has 0 aliphatic heterocycles. The van der Waals surface area contributed by atoms with E-state index < -0.39 is 36.2 Å². The molecular formula is C20H31NO6. The lowest BCUT2D eigenvalue weighted by molar-refractivity contribution is -0.161. The first-order chi connectivity index (χ1) is 12.9. The smallest absolute Gasteiger partial charge is 0.327 e. The third-order valence-corrected chi connectivity index (χ3v) is 3.63. The topological polar surface area (TPSA) is 101 Å². The number of carbonyl (C=O) groups is 4. The summed E-state index contributed by atoms with van der Waals surface area (Å²) in [5.74, 6) is -3.47. The van der Waals surface area contributed by atoms with Crippen molar-refractivity contribution in [2.45, 2.75) is 71.8 Å². The highest BCUT2D eigenvalue weighted by molar-refractivity contribution is 6.01.